The topological polar surface area (TPSA) is 153 Å². The van der Waals surface area contributed by atoms with Crippen molar-refractivity contribution in [3.05, 3.63) is 67.5 Å². The van der Waals surface area contributed by atoms with Crippen molar-refractivity contribution in [2.75, 3.05) is 63.1 Å². The van der Waals surface area contributed by atoms with Crippen LogP contribution in [0.15, 0.2) is 67.5 Å². The van der Waals surface area contributed by atoms with Crippen molar-refractivity contribution < 1.29 is 26.6 Å². The first kappa shape index (κ1) is 26.7. The second-order valence-electron chi connectivity index (χ2n) is 9.09. The molecule has 0 radical (unpaired) electrons. The first-order valence-corrected chi connectivity index (χ1v) is 14.1. The molecule has 2 aromatic heterocycles. The summed E-state index contributed by atoms with van der Waals surface area (Å²) in [6.45, 7) is 1.70. The normalized spacial score (nSPS) is 12.4. The minimum atomic E-state index is -3.67. The number of benzene rings is 2. The van der Waals surface area contributed by atoms with Crippen molar-refractivity contribution in [3.63, 3.8) is 0 Å². The van der Waals surface area contributed by atoms with E-state index in [9.17, 15) is 13.2 Å². The van der Waals surface area contributed by atoms with E-state index < -0.39 is 23.0 Å². The monoisotopic (exact) mass is 584 g/mol. The van der Waals surface area contributed by atoms with Crippen molar-refractivity contribution in [2.45, 2.75) is 0 Å². The largest absolute Gasteiger partial charge is 0.494 e. The van der Waals surface area contributed by atoms with Crippen LogP contribution in [0.5, 0.6) is 5.75 Å². The number of para-hydroxylation sites is 1. The highest BCUT2D eigenvalue weighted by Gasteiger charge is 2.17. The first-order valence-electron chi connectivity index (χ1n) is 13.8. The molecule has 0 aliphatic rings. The van der Waals surface area contributed by atoms with Crippen LogP contribution < -0.4 is 20.3 Å². The average molecular weight is 585 g/mol. The Bertz CT molecular complexity index is 1720. The summed E-state index contributed by atoms with van der Waals surface area (Å²) in [5.74, 6) is 0.162. The quantitative estimate of drug-likeness (QED) is 0.159. The summed E-state index contributed by atoms with van der Waals surface area (Å²) in [4.78, 5) is 27.7. The second kappa shape index (κ2) is 13.7. The molecule has 41 heavy (non-hydrogen) atoms. The van der Waals surface area contributed by atoms with Gasteiger partial charge in [0.1, 0.15) is 5.75 Å². The summed E-state index contributed by atoms with van der Waals surface area (Å²) in [5, 5.41) is 6.92. The van der Waals surface area contributed by atoms with Crippen LogP contribution in [0.1, 0.15) is 4.11 Å². The lowest BCUT2D eigenvalue weighted by atomic mass is 10.1. The first-order chi connectivity index (χ1) is 20.6. The van der Waals surface area contributed by atoms with E-state index in [0.717, 1.165) is 22.5 Å². The number of ether oxygens (including phenoxy) is 1. The Labute approximate surface area is 244 Å². The fourth-order valence-corrected chi connectivity index (χ4v) is 3.74. The molecular weight excluding hydrogens is 546 g/mol. The van der Waals surface area contributed by atoms with Crippen LogP contribution in [-0.4, -0.2) is 86.3 Å². The minimum Gasteiger partial charge on any atom is -0.494 e. The summed E-state index contributed by atoms with van der Waals surface area (Å²) >= 11 is 0. The molecule has 4 aromatic rings. The maximum Gasteiger partial charge on any atom is 0.261 e. The van der Waals surface area contributed by atoms with Gasteiger partial charge in [-0.15, -0.1) is 0 Å². The molecule has 0 saturated carbocycles. The Morgan fingerprint density at radius 3 is 2.61 bits per heavy atom. The highest BCUT2D eigenvalue weighted by molar-refractivity contribution is 7.85. The number of H-pyrrole nitrogens is 1. The Kier molecular flexibility index (Phi) is 8.97. The van der Waals surface area contributed by atoms with Gasteiger partial charge in [-0.2, -0.15) is 8.42 Å². The molecule has 0 aliphatic carbocycles. The molecule has 0 saturated heterocycles. The molecule has 0 atom stereocenters. The number of nitrogens with one attached hydrogen (secondary N) is 3. The number of fused-ring (bicyclic) bond motifs is 1. The van der Waals surface area contributed by atoms with Gasteiger partial charge in [-0.25, -0.2) is 9.97 Å². The second-order valence-corrected chi connectivity index (χ2v) is 10.6. The van der Waals surface area contributed by atoms with Crippen molar-refractivity contribution >= 4 is 49.9 Å². The lowest BCUT2D eigenvalue weighted by molar-refractivity contribution is -0.111. The van der Waals surface area contributed by atoms with Gasteiger partial charge in [-0.05, 0) is 38.4 Å². The molecule has 0 unspecified atom stereocenters. The molecule has 0 bridgehead atoms. The molecule has 218 valence electrons. The number of rotatable bonds is 10. The number of hydrogen-bond acceptors (Lipinski definition) is 9. The SMILES string of the molecule is CS(=O)(=O)O.[2H]C([2H])([2H])N(CCN(C)C)c1cc(OC)c(Nc2nccc(-c3c[nH]c4ccccc34)n2)cc1NC(=O)C=C. The van der Waals surface area contributed by atoms with Gasteiger partial charge in [0.25, 0.3) is 10.1 Å². The predicted octanol–water partition coefficient (Wildman–Crippen LogP) is 4.00. The van der Waals surface area contributed by atoms with Gasteiger partial charge in [0.2, 0.25) is 11.9 Å². The number of methoxy groups -OCH3 is 1. The average Bonchev–Trinajstić information content (AvgIpc) is 3.36. The molecule has 0 aliphatic heterocycles. The summed E-state index contributed by atoms with van der Waals surface area (Å²) in [7, 11) is 1.53. The Hall–Kier alpha value is -4.46. The number of carbonyl (C=O) groups excluding carboxylic acids is 1. The number of carbonyl (C=O) groups is 1. The third-order valence-corrected chi connectivity index (χ3v) is 5.59. The molecule has 2 aromatic carbocycles. The van der Waals surface area contributed by atoms with E-state index in [1.165, 1.54) is 12.0 Å². The van der Waals surface area contributed by atoms with Gasteiger partial charge < -0.3 is 30.2 Å². The number of anilines is 4. The van der Waals surface area contributed by atoms with Crippen LogP contribution in [0.2, 0.25) is 0 Å². The number of amides is 1. The van der Waals surface area contributed by atoms with E-state index in [-0.39, 0.29) is 17.9 Å². The summed E-state index contributed by atoms with van der Waals surface area (Å²) in [6, 6.07) is 12.9. The van der Waals surface area contributed by atoms with Gasteiger partial charge in [0.05, 0.1) is 36.1 Å². The maximum atomic E-state index is 12.3. The van der Waals surface area contributed by atoms with E-state index in [1.54, 1.807) is 18.3 Å². The van der Waals surface area contributed by atoms with E-state index in [1.807, 2.05) is 55.5 Å². The van der Waals surface area contributed by atoms with Gasteiger partial charge in [-0.1, -0.05) is 24.8 Å². The van der Waals surface area contributed by atoms with Crippen LogP contribution in [0.25, 0.3) is 22.2 Å². The zero-order valence-corrected chi connectivity index (χ0v) is 24.0. The number of aromatic nitrogens is 3. The molecule has 1 amide bonds. The Balaban J connectivity index is 0.000000978. The van der Waals surface area contributed by atoms with E-state index >= 15 is 0 Å². The standard InChI is InChI=1S/C27H31N7O2.CH4O3S/c1-6-26(35)30-22-15-23(25(36-5)16-24(22)34(4)14-13-33(2)3)32-27-28-12-11-21(31-27)19-17-29-20-10-8-7-9-18(19)20;1-5(2,3)4/h6-12,15-17,29H,1,13-14H2,2-5H3,(H,30,35)(H,28,31,32);1H3,(H,2,3,4)/i4D3;. The maximum absolute atomic E-state index is 12.3. The van der Waals surface area contributed by atoms with Crippen molar-refractivity contribution in [1.29, 1.82) is 0 Å². The molecular formula is C28H35N7O5S. The molecule has 0 spiro atoms. The number of likely N-dealkylation sites (N-methyl/N-ethyl adjacent to an activating group) is 2. The summed E-state index contributed by atoms with van der Waals surface area (Å²) in [5.41, 5.74) is 3.61. The number of hydrogen-bond donors (Lipinski definition) is 4. The lowest BCUT2D eigenvalue weighted by Crippen LogP contribution is -2.29. The Morgan fingerprint density at radius 2 is 1.95 bits per heavy atom. The van der Waals surface area contributed by atoms with Gasteiger partial charge in [0.15, 0.2) is 0 Å². The molecule has 12 nitrogen and oxygen atoms in total. The van der Waals surface area contributed by atoms with Gasteiger partial charge in [-0.3, -0.25) is 9.35 Å². The predicted molar refractivity (Wildman–Crippen MR) is 164 cm³/mol. The Morgan fingerprint density at radius 1 is 1.22 bits per heavy atom. The van der Waals surface area contributed by atoms with Crippen LogP contribution >= 0.6 is 0 Å². The molecule has 4 N–H and O–H groups in total. The third kappa shape index (κ3) is 9.03. The number of nitrogens with zero attached hydrogens (tertiary/aromatic N) is 4. The van der Waals surface area contributed by atoms with Crippen LogP contribution in [0.3, 0.4) is 0 Å². The zero-order chi connectivity index (χ0) is 32.7. The summed E-state index contributed by atoms with van der Waals surface area (Å²) < 4.78 is 55.9. The highest BCUT2D eigenvalue weighted by Crippen LogP contribution is 2.38. The van der Waals surface area contributed by atoms with Crippen molar-refractivity contribution in [1.82, 2.24) is 19.9 Å². The minimum absolute atomic E-state index is 0.187. The van der Waals surface area contributed by atoms with E-state index in [0.29, 0.717) is 35.9 Å². The molecule has 13 heteroatoms. The summed E-state index contributed by atoms with van der Waals surface area (Å²) in [6.07, 6.45) is 5.37. The van der Waals surface area contributed by atoms with Crippen LogP contribution in [0, 0.1) is 0 Å². The lowest BCUT2D eigenvalue weighted by Gasteiger charge is -2.26. The molecule has 2 heterocycles. The zero-order valence-electron chi connectivity index (χ0n) is 26.2. The van der Waals surface area contributed by atoms with Crippen molar-refractivity contribution in [3.8, 4) is 17.0 Å². The van der Waals surface area contributed by atoms with Gasteiger partial charge >= 0.3 is 0 Å². The molecule has 4 rings (SSSR count). The molecule has 0 fully saturated rings. The van der Waals surface area contributed by atoms with Crippen molar-refractivity contribution in [2.24, 2.45) is 0 Å². The van der Waals surface area contributed by atoms with E-state index in [4.69, 9.17) is 13.4 Å². The fourth-order valence-electron chi connectivity index (χ4n) is 3.74. The fraction of sp³-hybridized carbons (Fsp3) is 0.250. The third-order valence-electron chi connectivity index (χ3n) is 5.59. The van der Waals surface area contributed by atoms with E-state index in [2.05, 4.69) is 32.2 Å². The van der Waals surface area contributed by atoms with Crippen LogP contribution in [0.4, 0.5) is 23.0 Å². The van der Waals surface area contributed by atoms with Gasteiger partial charge in [0, 0.05) is 59.1 Å². The van der Waals surface area contributed by atoms with Crippen LogP contribution in [-0.2, 0) is 14.9 Å². The number of aromatic amines is 1. The smallest absolute Gasteiger partial charge is 0.261 e. The highest BCUT2D eigenvalue weighted by atomic mass is 32.2.